The molecule has 1 atom stereocenters. The minimum Gasteiger partial charge on any atom is -0.351 e. The minimum atomic E-state index is -1.02. The summed E-state index contributed by atoms with van der Waals surface area (Å²) in [7, 11) is 0. The molecule has 0 aliphatic heterocycles. The standard InChI is InChI=1S/C30H32F2N4O3/c31-23-15-11-21(12-16-23)20-36(28(38)10-5-9-27(37)35-26-8-3-4-19-33-26)29(22-13-17-24(32)18-14-22)30(39)34-25-6-1-2-7-25/h3-4,8,11-19,25,29H,1-2,5-7,9-10,20H2,(H,34,39)(H,33,35,37)/t29-/m1/s1. The molecule has 4 rings (SSSR count). The molecule has 0 bridgehead atoms. The van der Waals surface area contributed by atoms with Gasteiger partial charge in [0.25, 0.3) is 0 Å². The summed E-state index contributed by atoms with van der Waals surface area (Å²) in [4.78, 5) is 45.1. The molecule has 1 aliphatic carbocycles. The number of benzene rings is 2. The molecule has 3 amide bonds. The lowest BCUT2D eigenvalue weighted by molar-refractivity contribution is -0.142. The number of hydrogen-bond donors (Lipinski definition) is 2. The molecule has 204 valence electrons. The molecule has 9 heteroatoms. The fourth-order valence-electron chi connectivity index (χ4n) is 4.76. The van der Waals surface area contributed by atoms with Crippen LogP contribution in [0, 0.1) is 11.6 Å². The molecular formula is C30H32F2N4O3. The van der Waals surface area contributed by atoms with Gasteiger partial charge in [-0.15, -0.1) is 0 Å². The van der Waals surface area contributed by atoms with Crippen molar-refractivity contribution in [3.05, 3.63) is 95.7 Å². The Morgan fingerprint density at radius 1 is 0.897 bits per heavy atom. The number of rotatable bonds is 11. The highest BCUT2D eigenvalue weighted by atomic mass is 19.1. The van der Waals surface area contributed by atoms with Gasteiger partial charge in [-0.1, -0.05) is 43.2 Å². The highest BCUT2D eigenvalue weighted by molar-refractivity contribution is 5.91. The molecule has 2 aromatic carbocycles. The summed E-state index contributed by atoms with van der Waals surface area (Å²) in [5, 5.41) is 5.76. The van der Waals surface area contributed by atoms with Crippen LogP contribution < -0.4 is 10.6 Å². The first-order chi connectivity index (χ1) is 18.9. The van der Waals surface area contributed by atoms with Crippen LogP contribution >= 0.6 is 0 Å². The largest absolute Gasteiger partial charge is 0.351 e. The van der Waals surface area contributed by atoms with E-state index in [9.17, 15) is 23.2 Å². The second kappa shape index (κ2) is 13.6. The van der Waals surface area contributed by atoms with E-state index in [1.54, 1.807) is 36.5 Å². The number of amides is 3. The molecule has 1 saturated carbocycles. The first-order valence-corrected chi connectivity index (χ1v) is 13.2. The van der Waals surface area contributed by atoms with Crippen molar-refractivity contribution in [2.45, 2.75) is 63.6 Å². The van der Waals surface area contributed by atoms with Gasteiger partial charge in [0.05, 0.1) is 0 Å². The summed E-state index contributed by atoms with van der Waals surface area (Å²) >= 11 is 0. The quantitative estimate of drug-likeness (QED) is 0.349. The number of carbonyl (C=O) groups excluding carboxylic acids is 3. The number of anilines is 1. The average molecular weight is 535 g/mol. The Morgan fingerprint density at radius 3 is 2.21 bits per heavy atom. The van der Waals surface area contributed by atoms with Crippen LogP contribution in [0.25, 0.3) is 0 Å². The molecule has 0 spiro atoms. The van der Waals surface area contributed by atoms with Crippen LogP contribution in [-0.4, -0.2) is 33.6 Å². The molecule has 1 aliphatic rings. The Kier molecular flexibility index (Phi) is 9.72. The Morgan fingerprint density at radius 2 is 1.56 bits per heavy atom. The van der Waals surface area contributed by atoms with Gasteiger partial charge < -0.3 is 15.5 Å². The molecular weight excluding hydrogens is 502 g/mol. The summed E-state index contributed by atoms with van der Waals surface area (Å²) in [6.45, 7) is 0.0410. The first-order valence-electron chi connectivity index (χ1n) is 13.2. The SMILES string of the molecule is O=C(CCCC(=O)N(Cc1ccc(F)cc1)[C@@H](C(=O)NC1CCCC1)c1ccc(F)cc1)Nc1ccccn1. The Hall–Kier alpha value is -4.14. The third-order valence-electron chi connectivity index (χ3n) is 6.76. The smallest absolute Gasteiger partial charge is 0.247 e. The summed E-state index contributed by atoms with van der Waals surface area (Å²) in [6.07, 6.45) is 5.66. The van der Waals surface area contributed by atoms with Gasteiger partial charge in [0.15, 0.2) is 0 Å². The maximum absolute atomic E-state index is 13.8. The zero-order valence-corrected chi connectivity index (χ0v) is 21.6. The lowest BCUT2D eigenvalue weighted by Crippen LogP contribution is -2.45. The average Bonchev–Trinajstić information content (AvgIpc) is 3.44. The summed E-state index contributed by atoms with van der Waals surface area (Å²) in [6, 6.07) is 15.4. The van der Waals surface area contributed by atoms with Gasteiger partial charge in [0.2, 0.25) is 17.7 Å². The lowest BCUT2D eigenvalue weighted by atomic mass is 10.0. The highest BCUT2D eigenvalue weighted by Crippen LogP contribution is 2.27. The molecule has 0 saturated heterocycles. The zero-order chi connectivity index (χ0) is 27.6. The molecule has 39 heavy (non-hydrogen) atoms. The fraction of sp³-hybridized carbons (Fsp3) is 0.333. The van der Waals surface area contributed by atoms with Crippen molar-refractivity contribution in [3.63, 3.8) is 0 Å². The van der Waals surface area contributed by atoms with E-state index >= 15 is 0 Å². The molecule has 2 N–H and O–H groups in total. The molecule has 0 unspecified atom stereocenters. The molecule has 1 fully saturated rings. The number of hydrogen-bond acceptors (Lipinski definition) is 4. The maximum atomic E-state index is 13.8. The van der Waals surface area contributed by atoms with E-state index in [0.29, 0.717) is 16.9 Å². The number of carbonyl (C=O) groups is 3. The van der Waals surface area contributed by atoms with Crippen molar-refractivity contribution in [2.75, 3.05) is 5.32 Å². The second-order valence-corrected chi connectivity index (χ2v) is 9.71. The van der Waals surface area contributed by atoms with Crippen LogP contribution in [0.4, 0.5) is 14.6 Å². The van der Waals surface area contributed by atoms with Crippen LogP contribution in [0.1, 0.15) is 62.1 Å². The zero-order valence-electron chi connectivity index (χ0n) is 21.6. The number of nitrogens with one attached hydrogen (secondary N) is 2. The molecule has 0 radical (unpaired) electrons. The molecule has 7 nitrogen and oxygen atoms in total. The Balaban J connectivity index is 1.54. The van der Waals surface area contributed by atoms with Crippen molar-refractivity contribution >= 4 is 23.5 Å². The van der Waals surface area contributed by atoms with Crippen LogP contribution in [-0.2, 0) is 20.9 Å². The summed E-state index contributed by atoms with van der Waals surface area (Å²) in [5.41, 5.74) is 1.11. The monoisotopic (exact) mass is 534 g/mol. The number of nitrogens with zero attached hydrogens (tertiary/aromatic N) is 2. The lowest BCUT2D eigenvalue weighted by Gasteiger charge is -2.32. The number of halogens is 2. The van der Waals surface area contributed by atoms with Gasteiger partial charge >= 0.3 is 0 Å². The van der Waals surface area contributed by atoms with Gasteiger partial charge in [-0.25, -0.2) is 13.8 Å². The molecule has 1 heterocycles. The Bertz CT molecular complexity index is 1250. The van der Waals surface area contributed by atoms with Crippen molar-refractivity contribution in [2.24, 2.45) is 0 Å². The molecule has 1 aromatic heterocycles. The van der Waals surface area contributed by atoms with E-state index in [-0.39, 0.29) is 49.6 Å². The van der Waals surface area contributed by atoms with Gasteiger partial charge in [0.1, 0.15) is 23.5 Å². The highest BCUT2D eigenvalue weighted by Gasteiger charge is 2.33. The van der Waals surface area contributed by atoms with E-state index in [1.165, 1.54) is 41.3 Å². The van der Waals surface area contributed by atoms with E-state index in [1.807, 2.05) is 0 Å². The van der Waals surface area contributed by atoms with Crippen molar-refractivity contribution < 1.29 is 23.2 Å². The normalized spacial score (nSPS) is 14.0. The van der Waals surface area contributed by atoms with E-state index < -0.39 is 17.7 Å². The summed E-state index contributed by atoms with van der Waals surface area (Å²) < 4.78 is 27.3. The Labute approximate surface area is 226 Å². The van der Waals surface area contributed by atoms with Gasteiger partial charge in [-0.05, 0) is 66.8 Å². The van der Waals surface area contributed by atoms with Gasteiger partial charge in [0, 0.05) is 31.6 Å². The van der Waals surface area contributed by atoms with E-state index in [4.69, 9.17) is 0 Å². The van der Waals surface area contributed by atoms with Crippen molar-refractivity contribution in [1.29, 1.82) is 0 Å². The van der Waals surface area contributed by atoms with Crippen molar-refractivity contribution in [1.82, 2.24) is 15.2 Å². The fourth-order valence-corrected chi connectivity index (χ4v) is 4.76. The minimum absolute atomic E-state index is 0.00519. The summed E-state index contributed by atoms with van der Waals surface area (Å²) in [5.74, 6) is -1.42. The van der Waals surface area contributed by atoms with Crippen molar-refractivity contribution in [3.8, 4) is 0 Å². The molecule has 3 aromatic rings. The van der Waals surface area contributed by atoms with Crippen LogP contribution in [0.2, 0.25) is 0 Å². The second-order valence-electron chi connectivity index (χ2n) is 9.71. The van der Waals surface area contributed by atoms with Gasteiger partial charge in [-0.3, -0.25) is 14.4 Å². The first kappa shape index (κ1) is 27.9. The van der Waals surface area contributed by atoms with Crippen LogP contribution in [0.3, 0.4) is 0 Å². The van der Waals surface area contributed by atoms with E-state index in [0.717, 1.165) is 25.7 Å². The van der Waals surface area contributed by atoms with Crippen LogP contribution in [0.15, 0.2) is 72.9 Å². The topological polar surface area (TPSA) is 91.4 Å². The van der Waals surface area contributed by atoms with Gasteiger partial charge in [-0.2, -0.15) is 0 Å². The third-order valence-corrected chi connectivity index (χ3v) is 6.76. The maximum Gasteiger partial charge on any atom is 0.247 e. The van der Waals surface area contributed by atoms with E-state index in [2.05, 4.69) is 15.6 Å². The number of pyridine rings is 1. The third kappa shape index (κ3) is 8.17. The van der Waals surface area contributed by atoms with Crippen LogP contribution in [0.5, 0.6) is 0 Å². The predicted molar refractivity (Wildman–Crippen MR) is 143 cm³/mol. The number of aromatic nitrogens is 1. The predicted octanol–water partition coefficient (Wildman–Crippen LogP) is 5.30.